The van der Waals surface area contributed by atoms with Crippen LogP contribution in [0.25, 0.3) is 0 Å². The number of nitrogens with one attached hydrogen (secondary N) is 1. The van der Waals surface area contributed by atoms with Crippen LogP contribution in [0.2, 0.25) is 0 Å². The first-order valence-electron chi connectivity index (χ1n) is 10.1. The molecule has 8 heteroatoms. The fourth-order valence-corrected chi connectivity index (χ4v) is 5.48. The van der Waals surface area contributed by atoms with Crippen LogP contribution in [0.15, 0.2) is 29.2 Å². The van der Waals surface area contributed by atoms with Crippen LogP contribution in [-0.4, -0.2) is 36.0 Å². The molecule has 0 saturated carbocycles. The Morgan fingerprint density at radius 3 is 2.48 bits per heavy atom. The molecule has 0 spiro atoms. The number of aryl methyl sites for hydroxylation is 1. The smallest absolute Gasteiger partial charge is 0.243 e. The molecule has 7 nitrogen and oxygen atoms in total. The van der Waals surface area contributed by atoms with Crippen molar-refractivity contribution in [3.8, 4) is 6.07 Å². The van der Waals surface area contributed by atoms with Gasteiger partial charge in [0.25, 0.3) is 0 Å². The van der Waals surface area contributed by atoms with Crippen molar-refractivity contribution in [3.63, 3.8) is 0 Å². The van der Waals surface area contributed by atoms with Crippen molar-refractivity contribution in [1.29, 1.82) is 5.26 Å². The van der Waals surface area contributed by atoms with Gasteiger partial charge in [-0.05, 0) is 42.9 Å². The lowest BCUT2D eigenvalue weighted by atomic mass is 10.0. The summed E-state index contributed by atoms with van der Waals surface area (Å²) in [6.07, 6.45) is 4.26. The molecule has 1 N–H and O–H groups in total. The van der Waals surface area contributed by atoms with E-state index in [0.29, 0.717) is 47.8 Å². The molecule has 1 aromatic heterocycles. The van der Waals surface area contributed by atoms with Gasteiger partial charge in [0.15, 0.2) is 5.82 Å². The Morgan fingerprint density at radius 1 is 1.10 bits per heavy atom. The summed E-state index contributed by atoms with van der Waals surface area (Å²) in [5.74, 6) is 0.395. The number of benzene rings is 1. The summed E-state index contributed by atoms with van der Waals surface area (Å²) >= 11 is 0. The molecule has 1 fully saturated rings. The topological polar surface area (TPSA) is 99.0 Å². The molecule has 0 unspecified atom stereocenters. The van der Waals surface area contributed by atoms with E-state index in [-0.39, 0.29) is 6.54 Å². The zero-order valence-corrected chi connectivity index (χ0v) is 17.8. The molecule has 0 bridgehead atoms. The third-order valence-electron chi connectivity index (χ3n) is 5.31. The summed E-state index contributed by atoms with van der Waals surface area (Å²) in [6.45, 7) is 5.35. The number of hydrogen-bond acceptors (Lipinski definition) is 6. The van der Waals surface area contributed by atoms with Crippen molar-refractivity contribution in [2.75, 3.05) is 18.4 Å². The summed E-state index contributed by atoms with van der Waals surface area (Å²) in [6, 6.07) is 9.24. The second kappa shape index (κ2) is 9.33. The maximum atomic E-state index is 13.1. The Morgan fingerprint density at radius 2 is 1.83 bits per heavy atom. The van der Waals surface area contributed by atoms with Gasteiger partial charge in [-0.15, -0.1) is 5.10 Å². The standard InChI is InChI=1S/C21H27N5O2S/c1-3-17-18(14-22)21(25-24-19(17)4-2)23-15-16-10-6-7-11-20(16)29(27,28)26-12-8-5-9-13-26/h6-7,10-11H,3-5,8-9,12-13,15H2,1-2H3,(H,23,25). The Bertz CT molecular complexity index is 1010. The molecule has 29 heavy (non-hydrogen) atoms. The average Bonchev–Trinajstić information content (AvgIpc) is 2.77. The molecule has 0 aliphatic carbocycles. The lowest BCUT2D eigenvalue weighted by Gasteiger charge is -2.27. The van der Waals surface area contributed by atoms with E-state index in [9.17, 15) is 13.7 Å². The van der Waals surface area contributed by atoms with Gasteiger partial charge in [0.1, 0.15) is 11.6 Å². The second-order valence-corrected chi connectivity index (χ2v) is 9.00. The minimum Gasteiger partial charge on any atom is -0.363 e. The van der Waals surface area contributed by atoms with Gasteiger partial charge >= 0.3 is 0 Å². The van der Waals surface area contributed by atoms with Gasteiger partial charge in [-0.25, -0.2) is 8.42 Å². The number of nitriles is 1. The Balaban J connectivity index is 1.89. The molecular formula is C21H27N5O2S. The monoisotopic (exact) mass is 413 g/mol. The average molecular weight is 414 g/mol. The number of nitrogens with zero attached hydrogens (tertiary/aromatic N) is 4. The molecule has 1 aromatic carbocycles. The van der Waals surface area contributed by atoms with Crippen molar-refractivity contribution >= 4 is 15.8 Å². The highest BCUT2D eigenvalue weighted by atomic mass is 32.2. The van der Waals surface area contributed by atoms with Gasteiger partial charge in [0, 0.05) is 19.6 Å². The number of aromatic nitrogens is 2. The van der Waals surface area contributed by atoms with E-state index in [1.165, 1.54) is 0 Å². The molecule has 2 heterocycles. The van der Waals surface area contributed by atoms with Crippen molar-refractivity contribution < 1.29 is 8.42 Å². The molecule has 1 aliphatic rings. The zero-order valence-electron chi connectivity index (χ0n) is 17.0. The van der Waals surface area contributed by atoms with Gasteiger partial charge in [-0.2, -0.15) is 14.7 Å². The number of hydrogen-bond donors (Lipinski definition) is 1. The van der Waals surface area contributed by atoms with E-state index in [1.54, 1.807) is 22.5 Å². The molecule has 2 aromatic rings. The quantitative estimate of drug-likeness (QED) is 0.748. The number of piperidine rings is 1. The van der Waals surface area contributed by atoms with Gasteiger partial charge < -0.3 is 5.32 Å². The minimum atomic E-state index is -3.54. The molecule has 3 rings (SSSR count). The van der Waals surface area contributed by atoms with E-state index in [1.807, 2.05) is 19.9 Å². The maximum Gasteiger partial charge on any atom is 0.243 e. The fourth-order valence-electron chi connectivity index (χ4n) is 3.74. The first kappa shape index (κ1) is 21.2. The van der Waals surface area contributed by atoms with E-state index >= 15 is 0 Å². The molecule has 154 valence electrons. The van der Waals surface area contributed by atoms with Crippen LogP contribution in [0, 0.1) is 11.3 Å². The number of rotatable bonds is 7. The highest BCUT2D eigenvalue weighted by Crippen LogP contribution is 2.25. The van der Waals surface area contributed by atoms with Gasteiger partial charge in [0.2, 0.25) is 10.0 Å². The van der Waals surface area contributed by atoms with Crippen LogP contribution in [-0.2, 0) is 29.4 Å². The van der Waals surface area contributed by atoms with Crippen molar-refractivity contribution in [2.45, 2.75) is 57.4 Å². The van der Waals surface area contributed by atoms with Crippen LogP contribution in [0.1, 0.15) is 55.5 Å². The predicted molar refractivity (Wildman–Crippen MR) is 112 cm³/mol. The van der Waals surface area contributed by atoms with Crippen LogP contribution < -0.4 is 5.32 Å². The Labute approximate surface area is 172 Å². The first-order valence-corrected chi connectivity index (χ1v) is 11.6. The lowest BCUT2D eigenvalue weighted by Crippen LogP contribution is -2.36. The third-order valence-corrected chi connectivity index (χ3v) is 7.31. The lowest BCUT2D eigenvalue weighted by molar-refractivity contribution is 0.346. The molecule has 0 amide bonds. The van der Waals surface area contributed by atoms with Crippen LogP contribution in [0.5, 0.6) is 0 Å². The molecule has 1 aliphatic heterocycles. The number of anilines is 1. The minimum absolute atomic E-state index is 0.251. The van der Waals surface area contributed by atoms with Gasteiger partial charge in [-0.1, -0.05) is 38.5 Å². The third kappa shape index (κ3) is 4.41. The van der Waals surface area contributed by atoms with Crippen LogP contribution in [0.3, 0.4) is 0 Å². The van der Waals surface area contributed by atoms with E-state index in [0.717, 1.165) is 30.5 Å². The second-order valence-electron chi connectivity index (χ2n) is 7.09. The highest BCUT2D eigenvalue weighted by molar-refractivity contribution is 7.89. The predicted octanol–water partition coefficient (Wildman–Crippen LogP) is 3.26. The molecule has 0 radical (unpaired) electrons. The normalized spacial score (nSPS) is 15.1. The summed E-state index contributed by atoms with van der Waals surface area (Å²) in [4.78, 5) is 0.307. The molecular weight excluding hydrogens is 386 g/mol. The van der Waals surface area contributed by atoms with E-state index < -0.39 is 10.0 Å². The zero-order chi connectivity index (χ0) is 20.9. The Kier molecular flexibility index (Phi) is 6.83. The van der Waals surface area contributed by atoms with Crippen LogP contribution in [0.4, 0.5) is 5.82 Å². The molecule has 0 atom stereocenters. The van der Waals surface area contributed by atoms with Gasteiger partial charge in [-0.3, -0.25) is 0 Å². The van der Waals surface area contributed by atoms with Crippen molar-refractivity contribution in [2.24, 2.45) is 0 Å². The van der Waals surface area contributed by atoms with E-state index in [2.05, 4.69) is 21.6 Å². The summed E-state index contributed by atoms with van der Waals surface area (Å²) in [5.41, 5.74) is 2.85. The summed E-state index contributed by atoms with van der Waals surface area (Å²) in [7, 11) is -3.54. The highest BCUT2D eigenvalue weighted by Gasteiger charge is 2.28. The molecule has 1 saturated heterocycles. The van der Waals surface area contributed by atoms with Crippen molar-refractivity contribution in [1.82, 2.24) is 14.5 Å². The largest absolute Gasteiger partial charge is 0.363 e. The summed E-state index contributed by atoms with van der Waals surface area (Å²) in [5, 5.41) is 21.2. The maximum absolute atomic E-state index is 13.1. The summed E-state index contributed by atoms with van der Waals surface area (Å²) < 4.78 is 27.9. The fraction of sp³-hybridized carbons (Fsp3) is 0.476. The van der Waals surface area contributed by atoms with E-state index in [4.69, 9.17) is 0 Å². The number of sulfonamides is 1. The SMILES string of the molecule is CCc1nnc(NCc2ccccc2S(=O)(=O)N2CCCCC2)c(C#N)c1CC. The van der Waals surface area contributed by atoms with Crippen molar-refractivity contribution in [3.05, 3.63) is 46.6 Å². The Hall–Kier alpha value is -2.50. The van der Waals surface area contributed by atoms with Gasteiger partial charge in [0.05, 0.1) is 10.6 Å². The first-order chi connectivity index (χ1) is 14.0. The van der Waals surface area contributed by atoms with Crippen LogP contribution >= 0.6 is 0 Å².